The number of rotatable bonds is 0. The highest BCUT2D eigenvalue weighted by molar-refractivity contribution is 8.04. The summed E-state index contributed by atoms with van der Waals surface area (Å²) < 4.78 is 0. The lowest BCUT2D eigenvalue weighted by Gasteiger charge is -2.20. The Kier molecular flexibility index (Phi) is 1.82. The number of fused-ring (bicyclic) bond motifs is 2. The van der Waals surface area contributed by atoms with E-state index in [-0.39, 0.29) is 0 Å². The molecule has 0 bridgehead atoms. The second kappa shape index (κ2) is 3.17. The van der Waals surface area contributed by atoms with Crippen molar-refractivity contribution in [1.29, 1.82) is 0 Å². The third-order valence-corrected chi connectivity index (χ3v) is 3.37. The number of benzene rings is 1. The lowest BCUT2D eigenvalue weighted by Crippen LogP contribution is -2.22. The van der Waals surface area contributed by atoms with Crippen molar-refractivity contribution >= 4 is 29.0 Å². The molecule has 0 saturated heterocycles. The van der Waals surface area contributed by atoms with E-state index in [1.54, 1.807) is 11.8 Å². The van der Waals surface area contributed by atoms with Crippen LogP contribution in [0.4, 0.5) is 11.4 Å². The molecule has 3 nitrogen and oxygen atoms in total. The van der Waals surface area contributed by atoms with Gasteiger partial charge in [-0.3, -0.25) is 0 Å². The number of amidine groups is 1. The van der Waals surface area contributed by atoms with E-state index in [1.807, 2.05) is 36.6 Å². The number of hydrogen-bond acceptors (Lipinski definition) is 4. The van der Waals surface area contributed by atoms with Crippen LogP contribution in [0.2, 0.25) is 0 Å². The number of nitrogens with zero attached hydrogens (tertiary/aromatic N) is 1. The Morgan fingerprint density at radius 1 is 1.33 bits per heavy atom. The van der Waals surface area contributed by atoms with Gasteiger partial charge in [-0.15, -0.1) is 0 Å². The van der Waals surface area contributed by atoms with Crippen LogP contribution in [0.25, 0.3) is 0 Å². The lowest BCUT2D eigenvalue weighted by molar-refractivity contribution is 1.22. The number of nitrogens with one attached hydrogen (secondary N) is 1. The van der Waals surface area contributed by atoms with Gasteiger partial charge in [0, 0.05) is 11.1 Å². The maximum atomic E-state index is 5.88. The van der Waals surface area contributed by atoms with Crippen LogP contribution in [0.5, 0.6) is 0 Å². The second-order valence-electron chi connectivity index (χ2n) is 3.29. The molecule has 0 unspecified atom stereocenters. The number of aliphatic imine (C=N–C) groups is 1. The van der Waals surface area contributed by atoms with Crippen molar-refractivity contribution in [2.24, 2.45) is 4.99 Å². The normalized spacial score (nSPS) is 17.1. The zero-order chi connectivity index (χ0) is 10.3. The highest BCUT2D eigenvalue weighted by atomic mass is 32.2. The first kappa shape index (κ1) is 8.61. The topological polar surface area (TPSA) is 50.4 Å². The average Bonchev–Trinajstić information content (AvgIpc) is 2.27. The quantitative estimate of drug-likeness (QED) is 0.653. The van der Waals surface area contributed by atoms with Gasteiger partial charge in [0.2, 0.25) is 0 Å². The average molecular weight is 215 g/mol. The van der Waals surface area contributed by atoms with E-state index in [2.05, 4.69) is 10.3 Å². The summed E-state index contributed by atoms with van der Waals surface area (Å²) in [6.45, 7) is 0. The lowest BCUT2D eigenvalue weighted by atomic mass is 10.2. The molecule has 0 aliphatic carbocycles. The highest BCUT2D eigenvalue weighted by Gasteiger charge is 2.19. The number of allylic oxidation sites excluding steroid dienone is 2. The number of dihydropyridines is 1. The predicted molar refractivity (Wildman–Crippen MR) is 64.2 cm³/mol. The van der Waals surface area contributed by atoms with Gasteiger partial charge in [0.1, 0.15) is 11.5 Å². The van der Waals surface area contributed by atoms with E-state index in [0.29, 0.717) is 0 Å². The zero-order valence-electron chi connectivity index (χ0n) is 7.90. The van der Waals surface area contributed by atoms with Crippen molar-refractivity contribution in [1.82, 2.24) is 5.32 Å². The largest absolute Gasteiger partial charge is 0.397 e. The first-order valence-corrected chi connectivity index (χ1v) is 5.45. The van der Waals surface area contributed by atoms with E-state index >= 15 is 0 Å². The number of para-hydroxylation sites is 1. The van der Waals surface area contributed by atoms with E-state index in [0.717, 1.165) is 27.0 Å². The van der Waals surface area contributed by atoms with E-state index in [9.17, 15) is 0 Å². The van der Waals surface area contributed by atoms with E-state index in [1.165, 1.54) is 0 Å². The fourth-order valence-electron chi connectivity index (χ4n) is 1.55. The Labute approximate surface area is 91.8 Å². The van der Waals surface area contributed by atoms with Gasteiger partial charge >= 0.3 is 0 Å². The van der Waals surface area contributed by atoms with Crippen molar-refractivity contribution in [3.05, 3.63) is 41.5 Å². The maximum Gasteiger partial charge on any atom is 0.144 e. The minimum absolute atomic E-state index is 0.725. The molecule has 2 aliphatic heterocycles. The van der Waals surface area contributed by atoms with Gasteiger partial charge in [-0.05, 0) is 24.3 Å². The van der Waals surface area contributed by atoms with Crippen LogP contribution < -0.4 is 11.1 Å². The van der Waals surface area contributed by atoms with Gasteiger partial charge < -0.3 is 11.1 Å². The summed E-state index contributed by atoms with van der Waals surface area (Å²) in [5, 5.41) is 3.11. The molecule has 3 rings (SSSR count). The highest BCUT2D eigenvalue weighted by Crippen LogP contribution is 2.43. The van der Waals surface area contributed by atoms with Crippen LogP contribution in [0.15, 0.2) is 51.3 Å². The Morgan fingerprint density at radius 2 is 2.27 bits per heavy atom. The van der Waals surface area contributed by atoms with Crippen LogP contribution in [0.1, 0.15) is 0 Å². The summed E-state index contributed by atoms with van der Waals surface area (Å²) in [4.78, 5) is 6.75. The van der Waals surface area contributed by atoms with Crippen molar-refractivity contribution in [2.75, 3.05) is 5.73 Å². The summed E-state index contributed by atoms with van der Waals surface area (Å²) in [6, 6.07) is 5.86. The Morgan fingerprint density at radius 3 is 3.20 bits per heavy atom. The molecule has 0 aromatic heterocycles. The Bertz CT molecular complexity index is 515. The van der Waals surface area contributed by atoms with Crippen molar-refractivity contribution in [2.45, 2.75) is 4.90 Å². The summed E-state index contributed by atoms with van der Waals surface area (Å²) >= 11 is 1.69. The fourth-order valence-corrected chi connectivity index (χ4v) is 2.55. The van der Waals surface area contributed by atoms with Gasteiger partial charge in [-0.2, -0.15) is 0 Å². The van der Waals surface area contributed by atoms with Crippen LogP contribution in [-0.2, 0) is 0 Å². The Hall–Kier alpha value is -1.68. The number of thioether (sulfide) groups is 1. The van der Waals surface area contributed by atoms with Crippen LogP contribution in [-0.4, -0.2) is 5.84 Å². The number of nitrogen functional groups attached to an aromatic ring is 1. The first-order valence-electron chi connectivity index (χ1n) is 4.63. The first-order chi connectivity index (χ1) is 7.34. The summed E-state index contributed by atoms with van der Waals surface area (Å²) in [5.41, 5.74) is 7.48. The molecule has 1 aromatic rings. The monoisotopic (exact) mass is 215 g/mol. The van der Waals surface area contributed by atoms with Gasteiger partial charge in [-0.1, -0.05) is 17.8 Å². The van der Waals surface area contributed by atoms with Crippen molar-refractivity contribution in [3.8, 4) is 0 Å². The molecular weight excluding hydrogens is 206 g/mol. The summed E-state index contributed by atoms with van der Waals surface area (Å²) in [7, 11) is 0. The molecule has 0 fully saturated rings. The molecule has 15 heavy (non-hydrogen) atoms. The molecule has 2 heterocycles. The third kappa shape index (κ3) is 1.34. The third-order valence-electron chi connectivity index (χ3n) is 2.27. The van der Waals surface area contributed by atoms with E-state index in [4.69, 9.17) is 5.73 Å². The maximum absolute atomic E-state index is 5.88. The number of nitrogens with two attached hydrogens (primary N) is 1. The van der Waals surface area contributed by atoms with Gasteiger partial charge in [-0.25, -0.2) is 4.99 Å². The molecule has 3 N–H and O–H groups in total. The molecule has 0 radical (unpaired) electrons. The summed E-state index contributed by atoms with van der Waals surface area (Å²) in [6.07, 6.45) is 5.89. The molecule has 0 atom stereocenters. The molecule has 4 heteroatoms. The predicted octanol–water partition coefficient (Wildman–Crippen LogP) is 2.41. The number of anilines is 1. The second-order valence-corrected chi connectivity index (χ2v) is 4.37. The molecule has 2 aliphatic rings. The fraction of sp³-hybridized carbons (Fsp3) is 0. The van der Waals surface area contributed by atoms with Crippen molar-refractivity contribution < 1.29 is 0 Å². The molecule has 74 valence electrons. The van der Waals surface area contributed by atoms with Crippen molar-refractivity contribution in [3.63, 3.8) is 0 Å². The molecule has 1 aromatic carbocycles. The molecule has 0 spiro atoms. The van der Waals surface area contributed by atoms with Gasteiger partial charge in [0.05, 0.1) is 10.6 Å². The minimum Gasteiger partial charge on any atom is -0.397 e. The number of hydrogen-bond donors (Lipinski definition) is 2. The smallest absolute Gasteiger partial charge is 0.144 e. The molecule has 0 saturated carbocycles. The van der Waals surface area contributed by atoms with Crippen LogP contribution in [0, 0.1) is 0 Å². The van der Waals surface area contributed by atoms with Gasteiger partial charge in [0.15, 0.2) is 0 Å². The molecular formula is C11H9N3S. The Balaban J connectivity index is 2.18. The van der Waals surface area contributed by atoms with Crippen LogP contribution in [0.3, 0.4) is 0 Å². The zero-order valence-corrected chi connectivity index (χ0v) is 8.71. The summed E-state index contributed by atoms with van der Waals surface area (Å²) in [5.74, 6) is 0.882. The molecule has 0 amide bonds. The van der Waals surface area contributed by atoms with E-state index < -0.39 is 0 Å². The minimum atomic E-state index is 0.725. The SMILES string of the molecule is Nc1cccc2c1N=C1NC=CC=C1S2. The van der Waals surface area contributed by atoms with Crippen LogP contribution >= 0.6 is 11.8 Å². The van der Waals surface area contributed by atoms with Gasteiger partial charge in [0.25, 0.3) is 0 Å². The standard InChI is InChI=1S/C11H9N3S/c12-7-3-1-4-8-10(7)14-11-9(15-8)5-2-6-13-11/h1-6H,12H2,(H,13,14).